The van der Waals surface area contributed by atoms with E-state index in [0.29, 0.717) is 13.0 Å². The van der Waals surface area contributed by atoms with E-state index >= 15 is 0 Å². The number of carbonyl (C=O) groups is 1. The number of nitrogens with zero attached hydrogens (tertiary/aromatic N) is 2. The Hall–Kier alpha value is -1.70. The van der Waals surface area contributed by atoms with Crippen LogP contribution in [0.4, 0.5) is 5.82 Å². The Morgan fingerprint density at radius 1 is 1.23 bits per heavy atom. The molecule has 0 amide bonds. The standard InChI is InChI=1S/C16H18IN3O2/c1-12(21)22-10-8-14-15(17)16(20-11-19-14)18-9-7-13-5-3-2-4-6-13/h2-6,11H,7-10H2,1H3,(H,18,19,20). The van der Waals surface area contributed by atoms with E-state index in [1.807, 2.05) is 18.2 Å². The van der Waals surface area contributed by atoms with Crippen LogP contribution < -0.4 is 5.32 Å². The molecule has 22 heavy (non-hydrogen) atoms. The molecular formula is C16H18IN3O2. The highest BCUT2D eigenvalue weighted by Crippen LogP contribution is 2.18. The molecule has 1 heterocycles. The fourth-order valence-electron chi connectivity index (χ4n) is 1.97. The van der Waals surface area contributed by atoms with Gasteiger partial charge in [-0.3, -0.25) is 4.79 Å². The first-order valence-corrected chi connectivity index (χ1v) is 8.15. The maximum Gasteiger partial charge on any atom is 0.302 e. The minimum atomic E-state index is -0.273. The van der Waals surface area contributed by atoms with Crippen molar-refractivity contribution in [1.82, 2.24) is 9.97 Å². The van der Waals surface area contributed by atoms with E-state index in [9.17, 15) is 4.79 Å². The molecule has 5 nitrogen and oxygen atoms in total. The van der Waals surface area contributed by atoms with E-state index in [2.05, 4.69) is 50.0 Å². The van der Waals surface area contributed by atoms with Gasteiger partial charge in [0.25, 0.3) is 0 Å². The number of benzene rings is 1. The van der Waals surface area contributed by atoms with Gasteiger partial charge >= 0.3 is 5.97 Å². The van der Waals surface area contributed by atoms with E-state index in [4.69, 9.17) is 4.74 Å². The lowest BCUT2D eigenvalue weighted by Gasteiger charge is -2.10. The summed E-state index contributed by atoms with van der Waals surface area (Å²) in [6, 6.07) is 10.3. The van der Waals surface area contributed by atoms with Gasteiger partial charge in [0, 0.05) is 19.9 Å². The summed E-state index contributed by atoms with van der Waals surface area (Å²) in [6.07, 6.45) is 3.06. The zero-order valence-corrected chi connectivity index (χ0v) is 14.5. The molecule has 0 aliphatic heterocycles. The Bertz CT molecular complexity index is 620. The number of nitrogens with one attached hydrogen (secondary N) is 1. The Morgan fingerprint density at radius 2 is 2.00 bits per heavy atom. The lowest BCUT2D eigenvalue weighted by Crippen LogP contribution is -2.11. The highest BCUT2D eigenvalue weighted by atomic mass is 127. The van der Waals surface area contributed by atoms with E-state index in [1.54, 1.807) is 0 Å². The average molecular weight is 411 g/mol. The van der Waals surface area contributed by atoms with Crippen molar-refractivity contribution in [2.24, 2.45) is 0 Å². The molecule has 2 rings (SSSR count). The summed E-state index contributed by atoms with van der Waals surface area (Å²) in [5.74, 6) is 0.551. The molecule has 0 saturated carbocycles. The number of carbonyl (C=O) groups excluding carboxylic acids is 1. The number of hydrogen-bond donors (Lipinski definition) is 1. The highest BCUT2D eigenvalue weighted by Gasteiger charge is 2.08. The Labute approximate surface area is 143 Å². The SMILES string of the molecule is CC(=O)OCCc1ncnc(NCCc2ccccc2)c1I. The quantitative estimate of drug-likeness (QED) is 0.561. The molecule has 0 spiro atoms. The van der Waals surface area contributed by atoms with Gasteiger partial charge < -0.3 is 10.1 Å². The molecule has 1 N–H and O–H groups in total. The fraction of sp³-hybridized carbons (Fsp3) is 0.312. The van der Waals surface area contributed by atoms with Crippen LogP contribution in [-0.2, 0) is 22.4 Å². The minimum absolute atomic E-state index is 0.273. The van der Waals surface area contributed by atoms with Crippen LogP contribution in [0.25, 0.3) is 0 Å². The van der Waals surface area contributed by atoms with Crippen molar-refractivity contribution in [3.05, 3.63) is 51.5 Å². The van der Waals surface area contributed by atoms with Gasteiger partial charge in [0.15, 0.2) is 0 Å². The van der Waals surface area contributed by atoms with Crippen molar-refractivity contribution in [1.29, 1.82) is 0 Å². The van der Waals surface area contributed by atoms with Crippen LogP contribution in [0.5, 0.6) is 0 Å². The van der Waals surface area contributed by atoms with Crippen molar-refractivity contribution < 1.29 is 9.53 Å². The first kappa shape index (κ1) is 16.7. The summed E-state index contributed by atoms with van der Waals surface area (Å²) in [5.41, 5.74) is 2.17. The molecular weight excluding hydrogens is 393 g/mol. The van der Waals surface area contributed by atoms with Crippen molar-refractivity contribution in [2.75, 3.05) is 18.5 Å². The van der Waals surface area contributed by atoms with Gasteiger partial charge in [0.05, 0.1) is 15.9 Å². The topological polar surface area (TPSA) is 64.1 Å². The number of rotatable bonds is 7. The lowest BCUT2D eigenvalue weighted by atomic mass is 10.1. The third-order valence-corrected chi connectivity index (χ3v) is 4.19. The molecule has 0 aliphatic rings. The van der Waals surface area contributed by atoms with Crippen LogP contribution in [0.3, 0.4) is 0 Å². The van der Waals surface area contributed by atoms with E-state index in [0.717, 1.165) is 28.0 Å². The molecule has 0 unspecified atom stereocenters. The van der Waals surface area contributed by atoms with Gasteiger partial charge in [0.1, 0.15) is 12.1 Å². The number of anilines is 1. The van der Waals surface area contributed by atoms with Crippen molar-refractivity contribution in [3.63, 3.8) is 0 Å². The van der Waals surface area contributed by atoms with Gasteiger partial charge in [0.2, 0.25) is 0 Å². The molecule has 116 valence electrons. The average Bonchev–Trinajstić information content (AvgIpc) is 2.51. The Morgan fingerprint density at radius 3 is 2.73 bits per heavy atom. The second-order valence-corrected chi connectivity index (χ2v) is 5.81. The monoisotopic (exact) mass is 411 g/mol. The Kier molecular flexibility index (Phi) is 6.57. The zero-order valence-electron chi connectivity index (χ0n) is 12.4. The van der Waals surface area contributed by atoms with Gasteiger partial charge in [-0.1, -0.05) is 30.3 Å². The van der Waals surface area contributed by atoms with Crippen molar-refractivity contribution in [2.45, 2.75) is 19.8 Å². The van der Waals surface area contributed by atoms with Gasteiger partial charge in [-0.15, -0.1) is 0 Å². The highest BCUT2D eigenvalue weighted by molar-refractivity contribution is 14.1. The third kappa shape index (κ3) is 5.25. The predicted octanol–water partition coefficient (Wildman–Crippen LogP) is 2.84. The van der Waals surface area contributed by atoms with E-state index in [1.165, 1.54) is 18.8 Å². The summed E-state index contributed by atoms with van der Waals surface area (Å²) in [6.45, 7) is 2.55. The Balaban J connectivity index is 1.89. The fourth-order valence-corrected chi connectivity index (χ4v) is 2.70. The second-order valence-electron chi connectivity index (χ2n) is 4.74. The molecule has 6 heteroatoms. The normalized spacial score (nSPS) is 10.3. The maximum atomic E-state index is 10.8. The molecule has 1 aromatic heterocycles. The van der Waals surface area contributed by atoms with Gasteiger partial charge in [-0.25, -0.2) is 9.97 Å². The molecule has 0 radical (unpaired) electrons. The number of esters is 1. The molecule has 1 aromatic carbocycles. The van der Waals surface area contributed by atoms with Crippen LogP contribution in [0.1, 0.15) is 18.2 Å². The van der Waals surface area contributed by atoms with Crippen molar-refractivity contribution in [3.8, 4) is 0 Å². The van der Waals surface area contributed by atoms with Gasteiger partial charge in [-0.05, 0) is 34.6 Å². The third-order valence-electron chi connectivity index (χ3n) is 3.05. The number of hydrogen-bond acceptors (Lipinski definition) is 5. The largest absolute Gasteiger partial charge is 0.465 e. The van der Waals surface area contributed by atoms with E-state index in [-0.39, 0.29) is 5.97 Å². The van der Waals surface area contributed by atoms with Gasteiger partial charge in [-0.2, -0.15) is 0 Å². The number of aromatic nitrogens is 2. The number of ether oxygens (including phenoxy) is 1. The first-order chi connectivity index (χ1) is 10.7. The summed E-state index contributed by atoms with van der Waals surface area (Å²) >= 11 is 2.22. The van der Waals surface area contributed by atoms with Crippen molar-refractivity contribution >= 4 is 34.4 Å². The summed E-state index contributed by atoms with van der Waals surface area (Å²) in [4.78, 5) is 19.3. The maximum absolute atomic E-state index is 10.8. The molecule has 0 saturated heterocycles. The smallest absolute Gasteiger partial charge is 0.302 e. The summed E-state index contributed by atoms with van der Waals surface area (Å²) < 4.78 is 5.93. The first-order valence-electron chi connectivity index (χ1n) is 7.07. The van der Waals surface area contributed by atoms with Crippen LogP contribution in [0.2, 0.25) is 0 Å². The minimum Gasteiger partial charge on any atom is -0.465 e. The predicted molar refractivity (Wildman–Crippen MR) is 93.7 cm³/mol. The lowest BCUT2D eigenvalue weighted by molar-refractivity contribution is -0.140. The van der Waals surface area contributed by atoms with Crippen LogP contribution >= 0.6 is 22.6 Å². The van der Waals surface area contributed by atoms with E-state index < -0.39 is 0 Å². The molecule has 0 bridgehead atoms. The molecule has 2 aromatic rings. The molecule has 0 aliphatic carbocycles. The second kappa shape index (κ2) is 8.67. The summed E-state index contributed by atoms with van der Waals surface area (Å²) in [5, 5.41) is 3.33. The summed E-state index contributed by atoms with van der Waals surface area (Å²) in [7, 11) is 0. The van der Waals surface area contributed by atoms with Crippen LogP contribution in [-0.4, -0.2) is 29.1 Å². The van der Waals surface area contributed by atoms with Crippen LogP contribution in [0.15, 0.2) is 36.7 Å². The number of halogens is 1. The van der Waals surface area contributed by atoms with Crippen LogP contribution in [0, 0.1) is 3.57 Å². The molecule has 0 fully saturated rings. The molecule has 0 atom stereocenters. The zero-order chi connectivity index (χ0) is 15.8.